The molecule has 3 N–H and O–H groups in total. The molecule has 2 heterocycles. The first kappa shape index (κ1) is 22.6. The van der Waals surface area contributed by atoms with E-state index in [0.717, 1.165) is 60.4 Å². The van der Waals surface area contributed by atoms with E-state index in [0.29, 0.717) is 6.54 Å². The number of hydrogen-bond acceptors (Lipinski definition) is 5. The van der Waals surface area contributed by atoms with Crippen LogP contribution in [-0.4, -0.2) is 27.6 Å². The van der Waals surface area contributed by atoms with Crippen molar-refractivity contribution in [2.24, 2.45) is 5.73 Å². The Morgan fingerprint density at radius 1 is 1.16 bits per heavy atom. The number of pyridine rings is 1. The number of allylic oxidation sites excluding steroid dienone is 1. The highest BCUT2D eigenvalue weighted by molar-refractivity contribution is 5.81. The molecule has 0 saturated heterocycles. The smallest absolute Gasteiger partial charge is 0.330 e. The third-order valence-corrected chi connectivity index (χ3v) is 5.16. The van der Waals surface area contributed by atoms with Gasteiger partial charge in [0, 0.05) is 30.7 Å². The minimum Gasteiger partial charge on any atom is -0.330 e. The highest BCUT2D eigenvalue weighted by atomic mass is 16.1. The molecule has 0 atom stereocenters. The summed E-state index contributed by atoms with van der Waals surface area (Å²) in [7, 11) is 0. The molecule has 0 fully saturated rings. The summed E-state index contributed by atoms with van der Waals surface area (Å²) in [5.41, 5.74) is 11.2. The van der Waals surface area contributed by atoms with E-state index in [1.165, 1.54) is 5.57 Å². The van der Waals surface area contributed by atoms with Gasteiger partial charge in [0.1, 0.15) is 0 Å². The Labute approximate surface area is 183 Å². The van der Waals surface area contributed by atoms with Gasteiger partial charge in [0.05, 0.1) is 11.4 Å². The third kappa shape index (κ3) is 6.20. The number of rotatable bonds is 10. The van der Waals surface area contributed by atoms with Crippen LogP contribution in [0.2, 0.25) is 0 Å². The summed E-state index contributed by atoms with van der Waals surface area (Å²) in [6.07, 6.45) is 10.5. The molecule has 0 aliphatic heterocycles. The number of nitrogens with two attached hydrogens (primary N) is 1. The van der Waals surface area contributed by atoms with Crippen LogP contribution in [0.1, 0.15) is 48.6 Å². The van der Waals surface area contributed by atoms with Gasteiger partial charge in [-0.2, -0.15) is 4.98 Å². The van der Waals surface area contributed by atoms with Gasteiger partial charge in [0.15, 0.2) is 0 Å². The molecule has 2 aromatic heterocycles. The number of aryl methyl sites for hydroxylation is 1. The van der Waals surface area contributed by atoms with Gasteiger partial charge in [0.2, 0.25) is 0 Å². The number of nitrogens with zero attached hydrogens (tertiary/aromatic N) is 3. The van der Waals surface area contributed by atoms with E-state index in [-0.39, 0.29) is 5.69 Å². The van der Waals surface area contributed by atoms with Crippen LogP contribution in [0.25, 0.3) is 17.3 Å². The first-order chi connectivity index (χ1) is 15.1. The Balaban J connectivity index is 1.89. The standard InChI is InChI=1S/C25H31N5O/c1-3-5-22(21-10-14-27-15-11-21)16-23-18-30(25(31)29-19(23)2)24-8-6-20(7-9-24)17-28-13-4-12-26/h6-11,14-16,18,28H,3-5,12-13,17,26H2,1-2H3/b22-16+. The lowest BCUT2D eigenvalue weighted by Gasteiger charge is -2.11. The summed E-state index contributed by atoms with van der Waals surface area (Å²) in [5, 5.41) is 3.37. The van der Waals surface area contributed by atoms with Gasteiger partial charge in [-0.25, -0.2) is 4.79 Å². The van der Waals surface area contributed by atoms with Crippen molar-refractivity contribution in [1.29, 1.82) is 0 Å². The summed E-state index contributed by atoms with van der Waals surface area (Å²) in [5.74, 6) is 0. The fraction of sp³-hybridized carbons (Fsp3) is 0.320. The van der Waals surface area contributed by atoms with Crippen molar-refractivity contribution in [3.8, 4) is 5.69 Å². The molecule has 6 nitrogen and oxygen atoms in total. The van der Waals surface area contributed by atoms with E-state index in [1.54, 1.807) is 17.0 Å². The molecule has 0 radical (unpaired) electrons. The average Bonchev–Trinajstić information content (AvgIpc) is 2.79. The molecule has 1 aromatic carbocycles. The molecule has 0 saturated carbocycles. The van der Waals surface area contributed by atoms with Crippen LogP contribution < -0.4 is 16.7 Å². The molecule has 3 rings (SSSR count). The monoisotopic (exact) mass is 417 g/mol. The predicted molar refractivity (Wildman–Crippen MR) is 127 cm³/mol. The zero-order chi connectivity index (χ0) is 22.1. The van der Waals surface area contributed by atoms with Crippen molar-refractivity contribution in [2.45, 2.75) is 39.7 Å². The van der Waals surface area contributed by atoms with E-state index >= 15 is 0 Å². The normalized spacial score (nSPS) is 11.6. The maximum atomic E-state index is 12.6. The summed E-state index contributed by atoms with van der Waals surface area (Å²) in [6.45, 7) is 6.40. The van der Waals surface area contributed by atoms with Crippen LogP contribution in [0.3, 0.4) is 0 Å². The van der Waals surface area contributed by atoms with Crippen molar-refractivity contribution in [3.05, 3.63) is 87.9 Å². The molecular formula is C25H31N5O. The van der Waals surface area contributed by atoms with Crippen LogP contribution in [0.15, 0.2) is 59.8 Å². The highest BCUT2D eigenvalue weighted by Gasteiger charge is 2.08. The van der Waals surface area contributed by atoms with Crippen LogP contribution in [-0.2, 0) is 6.54 Å². The molecule has 0 aliphatic carbocycles. The van der Waals surface area contributed by atoms with E-state index in [4.69, 9.17) is 5.73 Å². The molecule has 31 heavy (non-hydrogen) atoms. The van der Waals surface area contributed by atoms with Gasteiger partial charge in [-0.3, -0.25) is 9.55 Å². The van der Waals surface area contributed by atoms with Crippen LogP contribution >= 0.6 is 0 Å². The van der Waals surface area contributed by atoms with Gasteiger partial charge in [-0.1, -0.05) is 25.5 Å². The molecule has 0 bridgehead atoms. The van der Waals surface area contributed by atoms with E-state index in [9.17, 15) is 4.79 Å². The van der Waals surface area contributed by atoms with E-state index < -0.39 is 0 Å². The maximum absolute atomic E-state index is 12.6. The second-order valence-electron chi connectivity index (χ2n) is 7.58. The SMILES string of the molecule is CCC/C(=C\c1cn(-c2ccc(CNCCCN)cc2)c(=O)nc1C)c1ccncc1. The van der Waals surface area contributed by atoms with Gasteiger partial charge in [0.25, 0.3) is 0 Å². The summed E-state index contributed by atoms with van der Waals surface area (Å²) in [4.78, 5) is 21.0. The number of nitrogens with one attached hydrogen (secondary N) is 1. The quantitative estimate of drug-likeness (QED) is 0.491. The fourth-order valence-corrected chi connectivity index (χ4v) is 3.43. The fourth-order valence-electron chi connectivity index (χ4n) is 3.43. The second kappa shape index (κ2) is 11.3. The lowest BCUT2D eigenvalue weighted by atomic mass is 10.00. The van der Waals surface area contributed by atoms with Gasteiger partial charge < -0.3 is 11.1 Å². The largest absolute Gasteiger partial charge is 0.352 e. The number of benzene rings is 1. The van der Waals surface area contributed by atoms with Crippen molar-refractivity contribution in [2.75, 3.05) is 13.1 Å². The topological polar surface area (TPSA) is 85.8 Å². The lowest BCUT2D eigenvalue weighted by molar-refractivity contribution is 0.655. The number of aromatic nitrogens is 3. The molecule has 0 unspecified atom stereocenters. The van der Waals surface area contributed by atoms with Crippen LogP contribution in [0, 0.1) is 6.92 Å². The zero-order valence-electron chi connectivity index (χ0n) is 18.3. The minimum absolute atomic E-state index is 0.274. The Hall–Kier alpha value is -3.09. The average molecular weight is 418 g/mol. The maximum Gasteiger partial charge on any atom is 0.352 e. The predicted octanol–water partition coefficient (Wildman–Crippen LogP) is 3.72. The van der Waals surface area contributed by atoms with Crippen molar-refractivity contribution < 1.29 is 0 Å². The molecule has 0 amide bonds. The van der Waals surface area contributed by atoms with E-state index in [1.807, 2.05) is 49.5 Å². The van der Waals surface area contributed by atoms with Gasteiger partial charge in [-0.15, -0.1) is 0 Å². The second-order valence-corrected chi connectivity index (χ2v) is 7.58. The Bertz CT molecular complexity index is 1060. The van der Waals surface area contributed by atoms with Crippen molar-refractivity contribution in [1.82, 2.24) is 19.9 Å². The minimum atomic E-state index is -0.274. The zero-order valence-corrected chi connectivity index (χ0v) is 18.3. The highest BCUT2D eigenvalue weighted by Crippen LogP contribution is 2.23. The summed E-state index contributed by atoms with van der Waals surface area (Å²) >= 11 is 0. The molecule has 0 aliphatic rings. The van der Waals surface area contributed by atoms with Crippen LogP contribution in [0.5, 0.6) is 0 Å². The Morgan fingerprint density at radius 2 is 1.90 bits per heavy atom. The molecule has 3 aromatic rings. The third-order valence-electron chi connectivity index (χ3n) is 5.16. The van der Waals surface area contributed by atoms with Crippen molar-refractivity contribution in [3.63, 3.8) is 0 Å². The first-order valence-electron chi connectivity index (χ1n) is 10.8. The molecule has 6 heteroatoms. The Kier molecular flexibility index (Phi) is 8.27. The lowest BCUT2D eigenvalue weighted by Crippen LogP contribution is -2.22. The van der Waals surface area contributed by atoms with E-state index in [2.05, 4.69) is 28.3 Å². The molecular weight excluding hydrogens is 386 g/mol. The molecule has 162 valence electrons. The van der Waals surface area contributed by atoms with Gasteiger partial charge >= 0.3 is 5.69 Å². The Morgan fingerprint density at radius 3 is 2.58 bits per heavy atom. The summed E-state index contributed by atoms with van der Waals surface area (Å²) < 4.78 is 1.61. The van der Waals surface area contributed by atoms with Gasteiger partial charge in [-0.05, 0) is 79.9 Å². The summed E-state index contributed by atoms with van der Waals surface area (Å²) in [6, 6.07) is 12.0. The van der Waals surface area contributed by atoms with Crippen molar-refractivity contribution >= 4 is 11.6 Å². The molecule has 0 spiro atoms. The number of hydrogen-bond donors (Lipinski definition) is 2. The first-order valence-corrected chi connectivity index (χ1v) is 10.8. The van der Waals surface area contributed by atoms with Crippen LogP contribution in [0.4, 0.5) is 0 Å².